The van der Waals surface area contributed by atoms with Gasteiger partial charge in [-0.1, -0.05) is 24.3 Å². The van der Waals surface area contributed by atoms with Gasteiger partial charge in [0.1, 0.15) is 46.2 Å². The van der Waals surface area contributed by atoms with Gasteiger partial charge < -0.3 is 30.3 Å². The molecule has 8 nitrogen and oxygen atoms in total. The van der Waals surface area contributed by atoms with Gasteiger partial charge in [0.15, 0.2) is 0 Å². The molecule has 4 aromatic rings. The van der Waals surface area contributed by atoms with Crippen molar-refractivity contribution in [2.24, 2.45) is 9.98 Å². The van der Waals surface area contributed by atoms with Crippen LogP contribution in [0.4, 0.5) is 20.2 Å². The summed E-state index contributed by atoms with van der Waals surface area (Å²) in [5.41, 5.74) is 4.12. The summed E-state index contributed by atoms with van der Waals surface area (Å²) in [6.45, 7) is 0. The molecule has 0 amide bonds. The SMILES string of the molecule is COc1cccc2c1N=C(c1ccc(F)cc1)N/C(=C/O)C2C1/C(=C\O)NC(c2ccc(F)cc2)=Nc2c(OC)cccc21. The van der Waals surface area contributed by atoms with Crippen molar-refractivity contribution in [3.8, 4) is 11.5 Å². The van der Waals surface area contributed by atoms with Crippen molar-refractivity contribution in [1.29, 1.82) is 0 Å². The number of fused-ring (bicyclic) bond motifs is 2. The van der Waals surface area contributed by atoms with E-state index in [1.807, 2.05) is 24.3 Å². The number of ether oxygens (including phenoxy) is 2. The van der Waals surface area contributed by atoms with E-state index < -0.39 is 23.5 Å². The first-order valence-electron chi connectivity index (χ1n) is 13.7. The van der Waals surface area contributed by atoms with Crippen LogP contribution in [-0.2, 0) is 0 Å². The van der Waals surface area contributed by atoms with Gasteiger partial charge in [-0.15, -0.1) is 0 Å². The molecular weight excluding hydrogens is 566 g/mol. The Hall–Kier alpha value is -5.64. The summed E-state index contributed by atoms with van der Waals surface area (Å²) >= 11 is 0. The predicted octanol–water partition coefficient (Wildman–Crippen LogP) is 7.01. The van der Waals surface area contributed by atoms with E-state index >= 15 is 0 Å². The molecule has 4 aromatic carbocycles. The molecule has 0 aromatic heterocycles. The number of allylic oxidation sites excluding steroid dienone is 2. The monoisotopic (exact) mass is 594 g/mol. The van der Waals surface area contributed by atoms with Gasteiger partial charge in [-0.2, -0.15) is 0 Å². The van der Waals surface area contributed by atoms with Crippen LogP contribution in [0.1, 0.15) is 34.1 Å². The Balaban J connectivity index is 1.58. The summed E-state index contributed by atoms with van der Waals surface area (Å²) in [5.74, 6) is -0.565. The third kappa shape index (κ3) is 5.11. The number of hydrogen-bond acceptors (Lipinski definition) is 8. The molecule has 2 aliphatic heterocycles. The van der Waals surface area contributed by atoms with Crippen LogP contribution in [0.15, 0.2) is 119 Å². The van der Waals surface area contributed by atoms with Crippen molar-refractivity contribution < 1.29 is 28.5 Å². The highest BCUT2D eigenvalue weighted by molar-refractivity contribution is 6.04. The fourth-order valence-corrected chi connectivity index (χ4v) is 5.63. The van der Waals surface area contributed by atoms with Crippen LogP contribution in [-0.4, -0.2) is 36.1 Å². The molecule has 4 N–H and O–H groups in total. The van der Waals surface area contributed by atoms with Gasteiger partial charge in [0.05, 0.1) is 38.1 Å². The van der Waals surface area contributed by atoms with Gasteiger partial charge in [-0.3, -0.25) is 0 Å². The predicted molar refractivity (Wildman–Crippen MR) is 164 cm³/mol. The number of aliphatic hydroxyl groups is 2. The van der Waals surface area contributed by atoms with Crippen LogP contribution in [0, 0.1) is 11.6 Å². The molecule has 2 unspecified atom stereocenters. The molecule has 10 heteroatoms. The summed E-state index contributed by atoms with van der Waals surface area (Å²) in [7, 11) is 3.07. The number of amidine groups is 2. The van der Waals surface area contributed by atoms with E-state index in [9.17, 15) is 19.0 Å². The molecule has 0 radical (unpaired) electrons. The van der Waals surface area contributed by atoms with Crippen molar-refractivity contribution in [2.45, 2.75) is 11.8 Å². The number of aliphatic imine (C=N–C) groups is 2. The Kier molecular flexibility index (Phi) is 7.72. The molecule has 0 aliphatic carbocycles. The number of para-hydroxylation sites is 2. The average molecular weight is 595 g/mol. The Morgan fingerprint density at radius 2 is 1.00 bits per heavy atom. The third-order valence-electron chi connectivity index (χ3n) is 7.66. The van der Waals surface area contributed by atoms with E-state index in [2.05, 4.69) is 10.6 Å². The highest BCUT2D eigenvalue weighted by Crippen LogP contribution is 2.52. The first-order chi connectivity index (χ1) is 21.4. The number of nitrogens with one attached hydrogen (secondary N) is 2. The first kappa shape index (κ1) is 28.5. The average Bonchev–Trinajstić information content (AvgIpc) is 3.32. The topological polar surface area (TPSA) is 108 Å². The molecule has 0 saturated heterocycles. The van der Waals surface area contributed by atoms with Crippen LogP contribution in [0.5, 0.6) is 11.5 Å². The first-order valence-corrected chi connectivity index (χ1v) is 13.7. The lowest BCUT2D eigenvalue weighted by Gasteiger charge is -2.31. The number of halogens is 2. The molecule has 0 spiro atoms. The molecule has 0 saturated carbocycles. The fourth-order valence-electron chi connectivity index (χ4n) is 5.63. The number of rotatable bonds is 5. The van der Waals surface area contributed by atoms with Gasteiger partial charge in [0, 0.05) is 23.0 Å². The zero-order valence-electron chi connectivity index (χ0n) is 23.8. The molecule has 44 heavy (non-hydrogen) atoms. The lowest BCUT2D eigenvalue weighted by molar-refractivity contribution is 0.413. The van der Waals surface area contributed by atoms with Crippen molar-refractivity contribution in [1.82, 2.24) is 10.6 Å². The summed E-state index contributed by atoms with van der Waals surface area (Å²) in [6, 6.07) is 22.6. The molecule has 6 rings (SSSR count). The van der Waals surface area contributed by atoms with Crippen LogP contribution in [0.3, 0.4) is 0 Å². The van der Waals surface area contributed by atoms with Crippen LogP contribution < -0.4 is 20.1 Å². The quantitative estimate of drug-likeness (QED) is 0.185. The molecule has 0 bridgehead atoms. The van der Waals surface area contributed by atoms with Crippen LogP contribution >= 0.6 is 0 Å². The fraction of sp³-hybridized carbons (Fsp3) is 0.118. The standard InChI is InChI=1S/C34H28F2N4O4/c1-43-27-7-3-5-23-29(25(17-41)37-33(39-31(23)27)19-9-13-21(35)14-10-19)30-24-6-4-8-28(44-2)32(24)40-34(38-26(30)18-42)20-11-15-22(36)16-12-20/h3-18,29-30,41-42H,1-2H3,(H,37,39)(H,38,40)/b25-17+,26-18+. The van der Waals surface area contributed by atoms with E-state index in [0.29, 0.717) is 68.2 Å². The summed E-state index contributed by atoms with van der Waals surface area (Å²) < 4.78 is 39.1. The minimum atomic E-state index is -0.702. The smallest absolute Gasteiger partial charge is 0.144 e. The van der Waals surface area contributed by atoms with Crippen molar-refractivity contribution >= 4 is 23.0 Å². The van der Waals surface area contributed by atoms with Crippen molar-refractivity contribution in [3.63, 3.8) is 0 Å². The number of hydrogen-bond donors (Lipinski definition) is 4. The number of benzene rings is 4. The van der Waals surface area contributed by atoms with E-state index in [0.717, 1.165) is 12.5 Å². The van der Waals surface area contributed by atoms with E-state index in [1.54, 1.807) is 36.4 Å². The van der Waals surface area contributed by atoms with Gasteiger partial charge in [-0.25, -0.2) is 18.8 Å². The van der Waals surface area contributed by atoms with Gasteiger partial charge in [0.2, 0.25) is 0 Å². The van der Waals surface area contributed by atoms with Gasteiger partial charge in [-0.05, 0) is 71.8 Å². The zero-order chi connectivity index (χ0) is 30.8. The minimum absolute atomic E-state index is 0.338. The molecular formula is C34H28F2N4O4. The number of aliphatic hydroxyl groups excluding tert-OH is 2. The third-order valence-corrected chi connectivity index (χ3v) is 7.66. The summed E-state index contributed by atoms with van der Waals surface area (Å²) in [6.07, 6.45) is 1.92. The number of methoxy groups -OCH3 is 2. The second-order valence-corrected chi connectivity index (χ2v) is 10.1. The van der Waals surface area contributed by atoms with Gasteiger partial charge in [0.25, 0.3) is 0 Å². The molecule has 222 valence electrons. The Bertz CT molecular complexity index is 1700. The molecule has 2 heterocycles. The maximum Gasteiger partial charge on any atom is 0.144 e. The van der Waals surface area contributed by atoms with Crippen molar-refractivity contribution in [2.75, 3.05) is 14.2 Å². The highest BCUT2D eigenvalue weighted by atomic mass is 19.1. The normalized spacial score (nSPS) is 19.4. The molecule has 2 aliphatic rings. The lowest BCUT2D eigenvalue weighted by Crippen LogP contribution is -2.32. The van der Waals surface area contributed by atoms with E-state index in [1.165, 1.54) is 38.5 Å². The molecule has 2 atom stereocenters. The Morgan fingerprint density at radius 1 is 0.614 bits per heavy atom. The summed E-state index contributed by atoms with van der Waals surface area (Å²) in [5, 5.41) is 28.0. The second kappa shape index (κ2) is 11.9. The van der Waals surface area contributed by atoms with Crippen LogP contribution in [0.2, 0.25) is 0 Å². The zero-order valence-corrected chi connectivity index (χ0v) is 23.8. The Morgan fingerprint density at radius 3 is 1.34 bits per heavy atom. The van der Waals surface area contributed by atoms with Crippen molar-refractivity contribution in [3.05, 3.63) is 143 Å². The maximum absolute atomic E-state index is 13.8. The summed E-state index contributed by atoms with van der Waals surface area (Å²) in [4.78, 5) is 9.81. The van der Waals surface area contributed by atoms with E-state index in [4.69, 9.17) is 19.5 Å². The largest absolute Gasteiger partial charge is 0.514 e. The second-order valence-electron chi connectivity index (χ2n) is 10.1. The lowest BCUT2D eigenvalue weighted by atomic mass is 9.76. The van der Waals surface area contributed by atoms with Crippen LogP contribution in [0.25, 0.3) is 0 Å². The number of nitrogens with zero attached hydrogens (tertiary/aromatic N) is 2. The Labute approximate surface area is 252 Å². The van der Waals surface area contributed by atoms with E-state index in [-0.39, 0.29) is 0 Å². The maximum atomic E-state index is 13.8. The molecule has 0 fully saturated rings. The highest BCUT2D eigenvalue weighted by Gasteiger charge is 2.40. The van der Waals surface area contributed by atoms with Gasteiger partial charge >= 0.3 is 0 Å². The minimum Gasteiger partial charge on any atom is -0.514 e.